The van der Waals surface area contributed by atoms with Crippen molar-refractivity contribution in [1.29, 1.82) is 0 Å². The van der Waals surface area contributed by atoms with Crippen molar-refractivity contribution in [3.8, 4) is 0 Å². The van der Waals surface area contributed by atoms with Crippen LogP contribution in [0.4, 0.5) is 5.82 Å². The molecule has 0 unspecified atom stereocenters. The zero-order valence-corrected chi connectivity index (χ0v) is 6.21. The van der Waals surface area contributed by atoms with E-state index in [4.69, 9.17) is 15.9 Å². The second-order valence-corrected chi connectivity index (χ2v) is 2.27. The van der Waals surface area contributed by atoms with E-state index in [1.54, 1.807) is 0 Å². The van der Waals surface area contributed by atoms with E-state index in [1.165, 1.54) is 12.3 Å². The Bertz CT molecular complexity index is 320. The maximum Gasteiger partial charge on any atom is 0.349 e. The Morgan fingerprint density at radius 1 is 1.67 bits per heavy atom. The first-order chi connectivity index (χ1) is 5.59. The van der Waals surface area contributed by atoms with E-state index in [0.29, 0.717) is 0 Å². The van der Waals surface area contributed by atoms with Gasteiger partial charge in [-0.1, -0.05) is 0 Å². The van der Waals surface area contributed by atoms with Gasteiger partial charge in [0.1, 0.15) is 5.82 Å². The SMILES string of the molecule is Nc1ccn(CC(O)O)c(=O)n1. The lowest BCUT2D eigenvalue weighted by Gasteiger charge is -2.05. The number of nitrogens with zero attached hydrogens (tertiary/aromatic N) is 2. The molecule has 0 fully saturated rings. The molecule has 1 rings (SSSR count). The van der Waals surface area contributed by atoms with Crippen LogP contribution in [0.2, 0.25) is 0 Å². The molecule has 1 aromatic rings. The van der Waals surface area contributed by atoms with Gasteiger partial charge >= 0.3 is 5.69 Å². The van der Waals surface area contributed by atoms with Crippen molar-refractivity contribution < 1.29 is 10.2 Å². The van der Waals surface area contributed by atoms with Crippen LogP contribution >= 0.6 is 0 Å². The number of aliphatic hydroxyl groups excluding tert-OH is 1. The Hall–Kier alpha value is -1.40. The van der Waals surface area contributed by atoms with Crippen LogP contribution < -0.4 is 11.4 Å². The molecule has 0 bridgehead atoms. The molecule has 0 saturated carbocycles. The number of hydrogen-bond donors (Lipinski definition) is 3. The van der Waals surface area contributed by atoms with Gasteiger partial charge in [-0.05, 0) is 6.07 Å². The number of anilines is 1. The van der Waals surface area contributed by atoms with Crippen molar-refractivity contribution >= 4 is 5.82 Å². The summed E-state index contributed by atoms with van der Waals surface area (Å²) in [4.78, 5) is 14.3. The molecule has 12 heavy (non-hydrogen) atoms. The first-order valence-electron chi connectivity index (χ1n) is 3.28. The minimum absolute atomic E-state index is 0.115. The molecule has 0 aliphatic carbocycles. The zero-order valence-electron chi connectivity index (χ0n) is 6.21. The van der Waals surface area contributed by atoms with Gasteiger partial charge < -0.3 is 15.9 Å². The third-order valence-corrected chi connectivity index (χ3v) is 1.26. The van der Waals surface area contributed by atoms with Crippen molar-refractivity contribution in [2.45, 2.75) is 12.8 Å². The largest absolute Gasteiger partial charge is 0.383 e. The maximum atomic E-state index is 10.9. The molecular formula is C6H9N3O3. The van der Waals surface area contributed by atoms with Gasteiger partial charge in [-0.3, -0.25) is 4.57 Å². The van der Waals surface area contributed by atoms with Crippen LogP contribution in [0.15, 0.2) is 17.1 Å². The fourth-order valence-corrected chi connectivity index (χ4v) is 0.757. The number of nitrogens with two attached hydrogens (primary N) is 1. The van der Waals surface area contributed by atoms with Crippen LogP contribution in [0.3, 0.4) is 0 Å². The molecule has 0 amide bonds. The van der Waals surface area contributed by atoms with Crippen molar-refractivity contribution in [3.05, 3.63) is 22.7 Å². The second kappa shape index (κ2) is 3.33. The van der Waals surface area contributed by atoms with E-state index >= 15 is 0 Å². The Balaban J connectivity index is 2.94. The predicted molar refractivity (Wildman–Crippen MR) is 41.1 cm³/mol. The highest BCUT2D eigenvalue weighted by Crippen LogP contribution is 1.90. The summed E-state index contributed by atoms with van der Waals surface area (Å²) in [7, 11) is 0. The lowest BCUT2D eigenvalue weighted by atomic mass is 10.5. The van der Waals surface area contributed by atoms with E-state index in [-0.39, 0.29) is 12.4 Å². The highest BCUT2D eigenvalue weighted by atomic mass is 16.5. The fourth-order valence-electron chi connectivity index (χ4n) is 0.757. The summed E-state index contributed by atoms with van der Waals surface area (Å²) in [6.07, 6.45) is -0.211. The van der Waals surface area contributed by atoms with Gasteiger partial charge in [-0.25, -0.2) is 4.79 Å². The van der Waals surface area contributed by atoms with Gasteiger partial charge in [0.2, 0.25) is 0 Å². The molecular weight excluding hydrogens is 162 g/mol. The highest BCUT2D eigenvalue weighted by molar-refractivity contribution is 5.23. The summed E-state index contributed by atoms with van der Waals surface area (Å²) < 4.78 is 1.06. The average Bonchev–Trinajstić information content (AvgIpc) is 1.94. The summed E-state index contributed by atoms with van der Waals surface area (Å²) in [5, 5.41) is 17.1. The van der Waals surface area contributed by atoms with E-state index in [9.17, 15) is 4.79 Å². The Morgan fingerprint density at radius 2 is 2.33 bits per heavy atom. The Morgan fingerprint density at radius 3 is 2.83 bits per heavy atom. The lowest BCUT2D eigenvalue weighted by Crippen LogP contribution is -2.28. The van der Waals surface area contributed by atoms with Gasteiger partial charge in [0.15, 0.2) is 6.29 Å². The average molecular weight is 171 g/mol. The van der Waals surface area contributed by atoms with Gasteiger partial charge in [-0.2, -0.15) is 4.98 Å². The minimum Gasteiger partial charge on any atom is -0.383 e. The number of nitrogen functional groups attached to an aromatic ring is 1. The molecule has 0 aliphatic heterocycles. The quantitative estimate of drug-likeness (QED) is 0.453. The monoisotopic (exact) mass is 171 g/mol. The third kappa shape index (κ3) is 2.04. The van der Waals surface area contributed by atoms with Gasteiger partial charge in [0, 0.05) is 6.20 Å². The van der Waals surface area contributed by atoms with Crippen LogP contribution in [-0.4, -0.2) is 26.1 Å². The normalized spacial score (nSPS) is 10.6. The molecule has 1 aromatic heterocycles. The first-order valence-corrected chi connectivity index (χ1v) is 3.28. The van der Waals surface area contributed by atoms with Crippen molar-refractivity contribution in [2.75, 3.05) is 5.73 Å². The molecule has 4 N–H and O–H groups in total. The minimum atomic E-state index is -1.56. The molecule has 0 radical (unpaired) electrons. The van der Waals surface area contributed by atoms with Crippen molar-refractivity contribution in [2.24, 2.45) is 0 Å². The van der Waals surface area contributed by atoms with Crippen molar-refractivity contribution in [3.63, 3.8) is 0 Å². The molecule has 0 atom stereocenters. The van der Waals surface area contributed by atoms with Gasteiger partial charge in [0.25, 0.3) is 0 Å². The Labute approximate surface area is 67.9 Å². The zero-order chi connectivity index (χ0) is 9.14. The van der Waals surface area contributed by atoms with E-state index in [0.717, 1.165) is 4.57 Å². The summed E-state index contributed by atoms with van der Waals surface area (Å²) >= 11 is 0. The second-order valence-electron chi connectivity index (χ2n) is 2.27. The standard InChI is InChI=1S/C6H9N3O3/c7-4-1-2-9(3-5(10)11)6(12)8-4/h1-2,5,10-11H,3H2,(H2,7,8,12). The smallest absolute Gasteiger partial charge is 0.349 e. The summed E-state index contributed by atoms with van der Waals surface area (Å²) in [6.45, 7) is -0.202. The molecule has 0 aliphatic rings. The highest BCUT2D eigenvalue weighted by Gasteiger charge is 2.01. The van der Waals surface area contributed by atoms with E-state index < -0.39 is 12.0 Å². The van der Waals surface area contributed by atoms with Crippen LogP contribution in [0.1, 0.15) is 0 Å². The predicted octanol–water partition coefficient (Wildman–Crippen LogP) is -1.86. The van der Waals surface area contributed by atoms with Crippen molar-refractivity contribution in [1.82, 2.24) is 9.55 Å². The third-order valence-electron chi connectivity index (χ3n) is 1.26. The molecule has 66 valence electrons. The van der Waals surface area contributed by atoms with Crippen LogP contribution in [0, 0.1) is 0 Å². The first kappa shape index (κ1) is 8.69. The molecule has 0 saturated heterocycles. The number of rotatable bonds is 2. The summed E-state index contributed by atoms with van der Waals surface area (Å²) in [5.74, 6) is 0.115. The van der Waals surface area contributed by atoms with Gasteiger partial charge in [-0.15, -0.1) is 0 Å². The molecule has 6 nitrogen and oxygen atoms in total. The summed E-state index contributed by atoms with van der Waals surface area (Å²) in [5.41, 5.74) is 4.61. The molecule has 0 aromatic carbocycles. The lowest BCUT2D eigenvalue weighted by molar-refractivity contribution is -0.0521. The van der Waals surface area contributed by atoms with Crippen LogP contribution in [0.5, 0.6) is 0 Å². The van der Waals surface area contributed by atoms with E-state index in [1.807, 2.05) is 0 Å². The number of aliphatic hydroxyl groups is 2. The van der Waals surface area contributed by atoms with E-state index in [2.05, 4.69) is 4.98 Å². The topological polar surface area (TPSA) is 101 Å². The summed E-state index contributed by atoms with van der Waals surface area (Å²) in [6, 6.07) is 1.41. The molecule has 0 spiro atoms. The Kier molecular flexibility index (Phi) is 2.41. The molecule has 1 heterocycles. The fraction of sp³-hybridized carbons (Fsp3) is 0.333. The number of aromatic nitrogens is 2. The van der Waals surface area contributed by atoms with Gasteiger partial charge in [0.05, 0.1) is 6.54 Å². The number of hydrogen-bond acceptors (Lipinski definition) is 5. The van der Waals surface area contributed by atoms with Crippen LogP contribution in [0.25, 0.3) is 0 Å². The molecule has 6 heteroatoms. The maximum absolute atomic E-state index is 10.9. The van der Waals surface area contributed by atoms with Crippen LogP contribution in [-0.2, 0) is 6.54 Å².